The first kappa shape index (κ1) is 27.4. The van der Waals surface area contributed by atoms with E-state index in [1.165, 1.54) is 6.92 Å². The van der Waals surface area contributed by atoms with Gasteiger partial charge in [-0.2, -0.15) is 5.26 Å². The summed E-state index contributed by atoms with van der Waals surface area (Å²) < 4.78 is 25.2. The predicted octanol–water partition coefficient (Wildman–Crippen LogP) is 5.05. The van der Waals surface area contributed by atoms with Gasteiger partial charge in [-0.15, -0.1) is 11.8 Å². The van der Waals surface area contributed by atoms with E-state index in [1.807, 2.05) is 12.1 Å². The number of rotatable bonds is 7. The van der Waals surface area contributed by atoms with Crippen LogP contribution in [0.15, 0.2) is 29.3 Å². The molecule has 2 aromatic rings. The zero-order valence-electron chi connectivity index (χ0n) is 22.1. The molecule has 1 N–H and O–H groups in total. The highest BCUT2D eigenvalue weighted by Crippen LogP contribution is 2.39. The molecule has 0 spiro atoms. The van der Waals surface area contributed by atoms with Crippen molar-refractivity contribution in [1.82, 2.24) is 4.98 Å². The maximum Gasteiger partial charge on any atom is 0.258 e. The molecule has 1 amide bonds. The molecule has 3 atom stereocenters. The van der Waals surface area contributed by atoms with Gasteiger partial charge in [-0.1, -0.05) is 12.1 Å². The predicted molar refractivity (Wildman–Crippen MR) is 144 cm³/mol. The van der Waals surface area contributed by atoms with E-state index in [-0.39, 0.29) is 17.8 Å². The third-order valence-electron chi connectivity index (χ3n) is 6.61. The highest BCUT2D eigenvalue weighted by atomic mass is 32.2. The Morgan fingerprint density at radius 3 is 2.57 bits per heavy atom. The van der Waals surface area contributed by atoms with Crippen molar-refractivity contribution >= 4 is 29.2 Å². The molecule has 0 bridgehead atoms. The average Bonchev–Trinajstić information content (AvgIpc) is 2.83. The van der Waals surface area contributed by atoms with Crippen molar-refractivity contribution in [2.24, 2.45) is 0 Å². The summed E-state index contributed by atoms with van der Waals surface area (Å²) in [5, 5.41) is 13.5. The summed E-state index contributed by atoms with van der Waals surface area (Å²) in [7, 11) is 0. The summed E-state index contributed by atoms with van der Waals surface area (Å²) in [4.78, 5) is 18.9. The Morgan fingerprint density at radius 2 is 1.95 bits per heavy atom. The van der Waals surface area contributed by atoms with E-state index in [2.05, 4.69) is 44.0 Å². The van der Waals surface area contributed by atoms with Crippen LogP contribution in [0.3, 0.4) is 0 Å². The van der Waals surface area contributed by atoms with Gasteiger partial charge in [0.05, 0.1) is 30.0 Å². The molecule has 2 aliphatic rings. The molecule has 0 radical (unpaired) electrons. The Morgan fingerprint density at radius 1 is 1.27 bits per heavy atom. The number of alkyl halides is 1. The van der Waals surface area contributed by atoms with Crippen LogP contribution >= 0.6 is 11.8 Å². The number of aryl methyl sites for hydroxylation is 1. The molecule has 4 rings (SSSR count). The number of carbonyl (C=O) groups is 1. The summed E-state index contributed by atoms with van der Waals surface area (Å²) in [6, 6.07) is 9.84. The number of hydrogen-bond acceptors (Lipinski definition) is 7. The molecule has 3 unspecified atom stereocenters. The summed E-state index contributed by atoms with van der Waals surface area (Å²) in [6.07, 6.45) is 0.0523. The number of ether oxygens (including phenoxy) is 2. The van der Waals surface area contributed by atoms with Crippen LogP contribution in [0.4, 0.5) is 15.9 Å². The molecule has 9 heteroatoms. The third-order valence-corrected chi connectivity index (χ3v) is 7.59. The lowest BCUT2D eigenvalue weighted by atomic mass is 9.89. The number of hydrogen-bond donors (Lipinski definition) is 1. The highest BCUT2D eigenvalue weighted by molar-refractivity contribution is 7.99. The van der Waals surface area contributed by atoms with Gasteiger partial charge in [0.1, 0.15) is 16.9 Å². The van der Waals surface area contributed by atoms with Gasteiger partial charge in [-0.25, -0.2) is 9.37 Å². The lowest BCUT2D eigenvalue weighted by Gasteiger charge is -2.40. The number of aromatic nitrogens is 1. The van der Waals surface area contributed by atoms with E-state index in [0.29, 0.717) is 24.3 Å². The molecule has 0 saturated carbocycles. The summed E-state index contributed by atoms with van der Waals surface area (Å²) >= 11 is 1.59. The molecule has 1 aromatic carbocycles. The Bertz CT molecular complexity index is 1170. The van der Waals surface area contributed by atoms with E-state index in [1.54, 1.807) is 23.9 Å². The van der Waals surface area contributed by atoms with Gasteiger partial charge in [0.2, 0.25) is 0 Å². The maximum absolute atomic E-state index is 13.1. The Balaban J connectivity index is 1.55. The molecular weight excluding hydrogens is 491 g/mol. The molecule has 37 heavy (non-hydrogen) atoms. The maximum atomic E-state index is 13.1. The van der Waals surface area contributed by atoms with E-state index >= 15 is 0 Å². The van der Waals surface area contributed by atoms with Crippen LogP contribution in [0.25, 0.3) is 0 Å². The average molecular weight is 527 g/mol. The largest absolute Gasteiger partial charge is 0.372 e. The van der Waals surface area contributed by atoms with Gasteiger partial charge in [0, 0.05) is 36.5 Å². The van der Waals surface area contributed by atoms with Crippen LogP contribution in [0.2, 0.25) is 0 Å². The number of pyridine rings is 1. The Labute approximate surface area is 222 Å². The van der Waals surface area contributed by atoms with Gasteiger partial charge in [-0.3, -0.25) is 4.79 Å². The number of halogens is 1. The second-order valence-corrected chi connectivity index (χ2v) is 11.6. The second-order valence-electron chi connectivity index (χ2n) is 10.5. The van der Waals surface area contributed by atoms with Crippen LogP contribution in [-0.4, -0.2) is 53.7 Å². The molecule has 1 aromatic heterocycles. The smallest absolute Gasteiger partial charge is 0.258 e. The number of benzene rings is 1. The number of nitriles is 1. The van der Waals surface area contributed by atoms with Crippen molar-refractivity contribution in [2.45, 2.75) is 83.1 Å². The van der Waals surface area contributed by atoms with Crippen LogP contribution in [0.5, 0.6) is 0 Å². The van der Waals surface area contributed by atoms with Crippen molar-refractivity contribution in [3.8, 4) is 6.07 Å². The van der Waals surface area contributed by atoms with Crippen LogP contribution in [-0.2, 0) is 33.7 Å². The minimum atomic E-state index is -1.56. The lowest BCUT2D eigenvalue weighted by molar-refractivity contribution is -0.120. The molecular formula is C28H35FN4O3S. The fourth-order valence-corrected chi connectivity index (χ4v) is 5.81. The number of nitrogens with one attached hydrogen (secondary N) is 1. The minimum Gasteiger partial charge on any atom is -0.372 e. The second kappa shape index (κ2) is 11.4. The Hall–Kier alpha value is -2.67. The normalized spacial score (nSPS) is 21.6. The van der Waals surface area contributed by atoms with Crippen molar-refractivity contribution in [3.05, 3.63) is 46.5 Å². The summed E-state index contributed by atoms with van der Waals surface area (Å²) in [5.74, 6) is 0.985. The third kappa shape index (κ3) is 6.61. The molecule has 198 valence electrons. The van der Waals surface area contributed by atoms with E-state index in [9.17, 15) is 14.4 Å². The van der Waals surface area contributed by atoms with Crippen molar-refractivity contribution in [1.29, 1.82) is 5.26 Å². The lowest BCUT2D eigenvalue weighted by Crippen LogP contribution is -2.47. The number of nitrogens with zero attached hydrogens (tertiary/aromatic N) is 3. The molecule has 1 saturated heterocycles. The first-order valence-electron chi connectivity index (χ1n) is 12.7. The van der Waals surface area contributed by atoms with Crippen LogP contribution in [0, 0.1) is 11.3 Å². The van der Waals surface area contributed by atoms with Crippen LogP contribution < -0.4 is 10.2 Å². The first-order chi connectivity index (χ1) is 17.6. The fraction of sp³-hybridized carbons (Fsp3) is 0.536. The number of morpholine rings is 1. The van der Waals surface area contributed by atoms with Gasteiger partial charge in [0.15, 0.2) is 6.17 Å². The number of anilines is 2. The van der Waals surface area contributed by atoms with Crippen molar-refractivity contribution in [3.63, 3.8) is 0 Å². The van der Waals surface area contributed by atoms with Crippen molar-refractivity contribution in [2.75, 3.05) is 29.1 Å². The number of thioether (sulfide) groups is 1. The van der Waals surface area contributed by atoms with Gasteiger partial charge in [0.25, 0.3) is 5.91 Å². The van der Waals surface area contributed by atoms with Gasteiger partial charge >= 0.3 is 0 Å². The highest BCUT2D eigenvalue weighted by Gasteiger charge is 2.34. The quantitative estimate of drug-likeness (QED) is 0.505. The standard InChI is InChI=1S/C28H35FN4O3S/c1-17-14-33(15-18(2)36-17)25-24-16-35-28(4,5)12-22(24)23(13-30)27(32-25)37-11-10-20-6-8-21(9-7-20)31-26(34)19(3)29/h6-9,17-19H,10-12,14-16H2,1-5H3,(H,31,34). The van der Waals surface area contributed by atoms with E-state index < -0.39 is 12.1 Å². The van der Waals surface area contributed by atoms with Crippen molar-refractivity contribution < 1.29 is 18.7 Å². The molecule has 2 aliphatic heterocycles. The molecule has 0 aliphatic carbocycles. The zero-order valence-corrected chi connectivity index (χ0v) is 23.0. The SMILES string of the molecule is CC1CN(c2nc(SCCc3ccc(NC(=O)C(C)F)cc3)c(C#N)c3c2COC(C)(C)C3)CC(C)O1. The number of fused-ring (bicyclic) bond motifs is 1. The van der Waals surface area contributed by atoms with E-state index in [4.69, 9.17) is 14.5 Å². The van der Waals surface area contributed by atoms with E-state index in [0.717, 1.165) is 52.8 Å². The van der Waals surface area contributed by atoms with Crippen LogP contribution in [0.1, 0.15) is 56.9 Å². The fourth-order valence-electron chi connectivity index (χ4n) is 4.82. The molecule has 7 nitrogen and oxygen atoms in total. The topological polar surface area (TPSA) is 87.5 Å². The summed E-state index contributed by atoms with van der Waals surface area (Å²) in [6.45, 7) is 11.4. The monoisotopic (exact) mass is 526 g/mol. The molecule has 3 heterocycles. The summed E-state index contributed by atoms with van der Waals surface area (Å²) in [5.41, 5.74) is 4.01. The minimum absolute atomic E-state index is 0.0924. The zero-order chi connectivity index (χ0) is 26.7. The number of carbonyl (C=O) groups excluding carboxylic acids is 1. The van der Waals surface area contributed by atoms with Gasteiger partial charge < -0.3 is 19.7 Å². The number of amides is 1. The Kier molecular flexibility index (Phi) is 8.42. The van der Waals surface area contributed by atoms with Gasteiger partial charge in [-0.05, 0) is 64.3 Å². The molecule has 1 fully saturated rings. The first-order valence-corrected chi connectivity index (χ1v) is 13.7.